The van der Waals surface area contributed by atoms with Crippen LogP contribution in [0.15, 0.2) is 40.9 Å². The maximum absolute atomic E-state index is 12.5. The number of nitrogens with zero attached hydrogens (tertiary/aromatic N) is 2. The van der Waals surface area contributed by atoms with Crippen molar-refractivity contribution in [3.63, 3.8) is 0 Å². The highest BCUT2D eigenvalue weighted by Gasteiger charge is 2.24. The van der Waals surface area contributed by atoms with Gasteiger partial charge in [0.1, 0.15) is 0 Å². The Hall–Kier alpha value is -1.87. The van der Waals surface area contributed by atoms with Gasteiger partial charge in [-0.05, 0) is 48.6 Å². The number of halogens is 3. The molecule has 0 aliphatic carbocycles. The van der Waals surface area contributed by atoms with Crippen molar-refractivity contribution < 1.29 is 9.59 Å². The third-order valence-corrected chi connectivity index (χ3v) is 6.36. The largest absolute Gasteiger partial charge is 0.367 e. The fourth-order valence-electron chi connectivity index (χ4n) is 3.38. The summed E-state index contributed by atoms with van der Waals surface area (Å²) >= 11 is 21.2. The molecule has 0 saturated carbocycles. The molecular formula is C22H23BrCl2N4O2S. The van der Waals surface area contributed by atoms with Crippen molar-refractivity contribution >= 4 is 79.7 Å². The van der Waals surface area contributed by atoms with Crippen LogP contribution in [-0.4, -0.2) is 48.0 Å². The minimum Gasteiger partial charge on any atom is -0.367 e. The second-order valence-electron chi connectivity index (χ2n) is 7.67. The quantitative estimate of drug-likeness (QED) is 0.507. The van der Waals surface area contributed by atoms with Crippen molar-refractivity contribution in [3.05, 3.63) is 56.5 Å². The van der Waals surface area contributed by atoms with Crippen LogP contribution < -0.4 is 15.5 Å². The van der Waals surface area contributed by atoms with E-state index in [0.29, 0.717) is 47.5 Å². The van der Waals surface area contributed by atoms with Crippen molar-refractivity contribution in [1.29, 1.82) is 0 Å². The Bertz CT molecular complexity index is 1040. The first-order valence-electron chi connectivity index (χ1n) is 10.1. The third kappa shape index (κ3) is 6.13. The van der Waals surface area contributed by atoms with E-state index >= 15 is 0 Å². The Kier molecular flexibility index (Phi) is 8.38. The molecule has 32 heavy (non-hydrogen) atoms. The number of thiocarbonyl (C=S) groups is 1. The Morgan fingerprint density at radius 1 is 1.03 bits per heavy atom. The number of carbonyl (C=O) groups excluding carboxylic acids is 2. The SMILES string of the molecule is CC(C)C(=O)N1CCN(c2ccc(NC(=S)NC(=O)c3cc(Br)ccc3Cl)cc2Cl)CC1. The summed E-state index contributed by atoms with van der Waals surface area (Å²) in [7, 11) is 0. The van der Waals surface area contributed by atoms with Crippen molar-refractivity contribution in [2.24, 2.45) is 5.92 Å². The van der Waals surface area contributed by atoms with E-state index in [1.54, 1.807) is 24.3 Å². The molecule has 2 aromatic rings. The minimum absolute atomic E-state index is 0.000680. The first-order chi connectivity index (χ1) is 15.2. The molecule has 0 bridgehead atoms. The first-order valence-corrected chi connectivity index (χ1v) is 12.0. The number of nitrogens with one attached hydrogen (secondary N) is 2. The normalized spacial score (nSPS) is 13.8. The van der Waals surface area contributed by atoms with Crippen LogP contribution in [-0.2, 0) is 4.79 Å². The van der Waals surface area contributed by atoms with Gasteiger partial charge < -0.3 is 15.1 Å². The van der Waals surface area contributed by atoms with E-state index in [0.717, 1.165) is 10.2 Å². The molecule has 2 amide bonds. The fraction of sp³-hybridized carbons (Fsp3) is 0.318. The van der Waals surface area contributed by atoms with Gasteiger partial charge in [0.05, 0.1) is 21.3 Å². The number of piperazine rings is 1. The van der Waals surface area contributed by atoms with Crippen LogP contribution >= 0.6 is 51.3 Å². The lowest BCUT2D eigenvalue weighted by molar-refractivity contribution is -0.134. The van der Waals surface area contributed by atoms with Crippen LogP contribution in [0, 0.1) is 5.92 Å². The van der Waals surface area contributed by atoms with Crippen LogP contribution in [0.3, 0.4) is 0 Å². The zero-order valence-electron chi connectivity index (χ0n) is 17.6. The molecule has 10 heteroatoms. The maximum Gasteiger partial charge on any atom is 0.258 e. The summed E-state index contributed by atoms with van der Waals surface area (Å²) in [5, 5.41) is 6.61. The Balaban J connectivity index is 1.59. The molecule has 0 spiro atoms. The molecule has 2 N–H and O–H groups in total. The number of anilines is 2. The Labute approximate surface area is 211 Å². The third-order valence-electron chi connectivity index (χ3n) is 5.03. The predicted molar refractivity (Wildman–Crippen MR) is 138 cm³/mol. The standard InChI is InChI=1S/C22H23BrCl2N4O2S/c1-13(2)21(31)29-9-7-28(8-10-29)19-6-4-15(12-18(19)25)26-22(32)27-20(30)16-11-14(23)3-5-17(16)24/h3-6,11-13H,7-10H2,1-2H3,(H2,26,27,30,32). The summed E-state index contributed by atoms with van der Waals surface area (Å²) in [5.41, 5.74) is 1.86. The van der Waals surface area contributed by atoms with Gasteiger partial charge >= 0.3 is 0 Å². The molecular weight excluding hydrogens is 535 g/mol. The lowest BCUT2D eigenvalue weighted by Crippen LogP contribution is -2.50. The number of carbonyl (C=O) groups is 2. The van der Waals surface area contributed by atoms with E-state index < -0.39 is 5.91 Å². The number of benzene rings is 2. The molecule has 1 fully saturated rings. The second-order valence-corrected chi connectivity index (χ2v) is 9.80. The fourth-order valence-corrected chi connectivity index (χ4v) is 4.45. The van der Waals surface area contributed by atoms with E-state index in [2.05, 4.69) is 31.5 Å². The van der Waals surface area contributed by atoms with E-state index in [4.69, 9.17) is 35.4 Å². The van der Waals surface area contributed by atoms with Gasteiger partial charge in [0.25, 0.3) is 5.91 Å². The molecule has 0 atom stereocenters. The molecule has 1 heterocycles. The zero-order chi connectivity index (χ0) is 23.4. The summed E-state index contributed by atoms with van der Waals surface area (Å²) in [6, 6.07) is 10.5. The highest BCUT2D eigenvalue weighted by atomic mass is 79.9. The van der Waals surface area contributed by atoms with Gasteiger partial charge in [-0.25, -0.2) is 0 Å². The minimum atomic E-state index is -0.412. The van der Waals surface area contributed by atoms with Gasteiger partial charge in [-0.15, -0.1) is 0 Å². The number of hydrogen-bond donors (Lipinski definition) is 2. The Morgan fingerprint density at radius 3 is 2.34 bits per heavy atom. The molecule has 1 aliphatic heterocycles. The van der Waals surface area contributed by atoms with Crippen LogP contribution in [0.1, 0.15) is 24.2 Å². The lowest BCUT2D eigenvalue weighted by atomic mass is 10.1. The van der Waals surface area contributed by atoms with Gasteiger partial charge in [0.15, 0.2) is 5.11 Å². The smallest absolute Gasteiger partial charge is 0.258 e. The molecule has 0 radical (unpaired) electrons. The number of amides is 2. The van der Waals surface area contributed by atoms with Crippen LogP contribution in [0.4, 0.5) is 11.4 Å². The average molecular weight is 558 g/mol. The van der Waals surface area contributed by atoms with Crippen molar-refractivity contribution in [2.45, 2.75) is 13.8 Å². The molecule has 3 rings (SSSR count). The van der Waals surface area contributed by atoms with Gasteiger partial charge in [-0.3, -0.25) is 14.9 Å². The molecule has 170 valence electrons. The highest BCUT2D eigenvalue weighted by Crippen LogP contribution is 2.30. The van der Waals surface area contributed by atoms with Crippen LogP contribution in [0.25, 0.3) is 0 Å². The van der Waals surface area contributed by atoms with E-state index in [1.807, 2.05) is 30.9 Å². The molecule has 0 unspecified atom stereocenters. The zero-order valence-corrected chi connectivity index (χ0v) is 21.5. The molecule has 6 nitrogen and oxygen atoms in total. The first kappa shape index (κ1) is 24.8. The summed E-state index contributed by atoms with van der Waals surface area (Å²) in [4.78, 5) is 28.7. The van der Waals surface area contributed by atoms with Gasteiger partial charge in [0.2, 0.25) is 5.91 Å². The molecule has 1 saturated heterocycles. The van der Waals surface area contributed by atoms with Crippen molar-refractivity contribution in [3.8, 4) is 0 Å². The monoisotopic (exact) mass is 556 g/mol. The second kappa shape index (κ2) is 10.8. The highest BCUT2D eigenvalue weighted by molar-refractivity contribution is 9.10. The molecule has 2 aromatic carbocycles. The summed E-state index contributed by atoms with van der Waals surface area (Å²) in [6.45, 7) is 6.60. The van der Waals surface area contributed by atoms with Gasteiger partial charge in [-0.2, -0.15) is 0 Å². The van der Waals surface area contributed by atoms with E-state index in [9.17, 15) is 9.59 Å². The lowest BCUT2D eigenvalue weighted by Gasteiger charge is -2.37. The van der Waals surface area contributed by atoms with Crippen LogP contribution in [0.5, 0.6) is 0 Å². The topological polar surface area (TPSA) is 64.7 Å². The summed E-state index contributed by atoms with van der Waals surface area (Å²) < 4.78 is 0.739. The molecule has 0 aromatic heterocycles. The van der Waals surface area contributed by atoms with Crippen molar-refractivity contribution in [1.82, 2.24) is 10.2 Å². The summed E-state index contributed by atoms with van der Waals surface area (Å²) in [6.07, 6.45) is 0. The van der Waals surface area contributed by atoms with Gasteiger partial charge in [0, 0.05) is 42.3 Å². The molecule has 1 aliphatic rings. The number of hydrogen-bond acceptors (Lipinski definition) is 4. The average Bonchev–Trinajstić information content (AvgIpc) is 2.75. The van der Waals surface area contributed by atoms with Crippen molar-refractivity contribution in [2.75, 3.05) is 36.4 Å². The van der Waals surface area contributed by atoms with Gasteiger partial charge in [-0.1, -0.05) is 53.0 Å². The summed E-state index contributed by atoms with van der Waals surface area (Å²) in [5.74, 6) is -0.236. The van der Waals surface area contributed by atoms with E-state index in [1.165, 1.54) is 0 Å². The number of rotatable bonds is 4. The van der Waals surface area contributed by atoms with Crippen LogP contribution in [0.2, 0.25) is 10.0 Å². The Morgan fingerprint density at radius 2 is 1.72 bits per heavy atom. The maximum atomic E-state index is 12.5. The predicted octanol–water partition coefficient (Wildman–Crippen LogP) is 5.19. The van der Waals surface area contributed by atoms with E-state index in [-0.39, 0.29) is 16.9 Å².